The first-order valence-corrected chi connectivity index (χ1v) is 10.2. The Labute approximate surface area is 176 Å². The van der Waals surface area contributed by atoms with Crippen molar-refractivity contribution in [3.63, 3.8) is 0 Å². The molecule has 0 bridgehead atoms. The molecule has 0 aliphatic heterocycles. The summed E-state index contributed by atoms with van der Waals surface area (Å²) in [6.45, 7) is 15.3. The van der Waals surface area contributed by atoms with Gasteiger partial charge in [-0.15, -0.1) is 0 Å². The molecule has 0 spiro atoms. The minimum Gasteiger partial charge on any atom is -0.496 e. The number of ether oxygens (including phenoxy) is 2. The van der Waals surface area contributed by atoms with Gasteiger partial charge in [0.1, 0.15) is 11.5 Å². The predicted molar refractivity (Wildman–Crippen MR) is 126 cm³/mol. The molecule has 3 aromatic carbocycles. The Kier molecular flexibility index (Phi) is 7.00. The highest BCUT2D eigenvalue weighted by Gasteiger charge is 2.19. The van der Waals surface area contributed by atoms with Gasteiger partial charge in [0.05, 0.1) is 14.2 Å². The van der Waals surface area contributed by atoms with Gasteiger partial charge in [-0.25, -0.2) is 0 Å². The number of hydrogen-bond donors (Lipinski definition) is 0. The highest BCUT2D eigenvalue weighted by Crippen LogP contribution is 2.34. The van der Waals surface area contributed by atoms with Crippen LogP contribution in [0.2, 0.25) is 0 Å². The Morgan fingerprint density at radius 2 is 1.07 bits per heavy atom. The lowest BCUT2D eigenvalue weighted by Gasteiger charge is -2.22. The van der Waals surface area contributed by atoms with Crippen LogP contribution >= 0.6 is 0 Å². The summed E-state index contributed by atoms with van der Waals surface area (Å²) in [6.07, 6.45) is 0. The fourth-order valence-electron chi connectivity index (χ4n) is 3.39. The maximum Gasteiger partial charge on any atom is 0.123 e. The van der Waals surface area contributed by atoms with Gasteiger partial charge in [0.25, 0.3) is 0 Å². The van der Waals surface area contributed by atoms with E-state index in [2.05, 4.69) is 103 Å². The molecule has 2 nitrogen and oxygen atoms in total. The van der Waals surface area contributed by atoms with E-state index in [1.165, 1.54) is 27.5 Å². The van der Waals surface area contributed by atoms with Crippen molar-refractivity contribution in [2.24, 2.45) is 0 Å². The SMILES string of the molecule is COc1cc(C)ccc1C(C)(C)C.COc1cc2ccccc2cc1C(C)(C)C. The minimum atomic E-state index is 0.107. The molecule has 3 aromatic rings. The standard InChI is InChI=1S/C15H18O.C12H18O/c1-15(2,3)13-9-11-7-5-6-8-12(11)10-14(13)16-4;1-9-6-7-10(12(2,3)4)11(8-9)13-5/h5-10H,1-4H3;6-8H,1-5H3. The summed E-state index contributed by atoms with van der Waals surface area (Å²) in [4.78, 5) is 0. The lowest BCUT2D eigenvalue weighted by Crippen LogP contribution is -2.12. The molecular formula is C27H36O2. The smallest absolute Gasteiger partial charge is 0.123 e. The molecule has 0 radical (unpaired) electrons. The van der Waals surface area contributed by atoms with Crippen molar-refractivity contribution in [3.05, 3.63) is 71.3 Å². The van der Waals surface area contributed by atoms with Crippen LogP contribution in [0.15, 0.2) is 54.6 Å². The summed E-state index contributed by atoms with van der Waals surface area (Å²) in [5.74, 6) is 1.97. The fourth-order valence-corrected chi connectivity index (χ4v) is 3.39. The highest BCUT2D eigenvalue weighted by atomic mass is 16.5. The zero-order valence-electron chi connectivity index (χ0n) is 19.5. The lowest BCUT2D eigenvalue weighted by molar-refractivity contribution is 0.397. The summed E-state index contributed by atoms with van der Waals surface area (Å²) >= 11 is 0. The molecule has 0 saturated carbocycles. The number of benzene rings is 3. The largest absolute Gasteiger partial charge is 0.496 e. The molecule has 0 atom stereocenters. The summed E-state index contributed by atoms with van der Waals surface area (Å²) in [5, 5.41) is 2.50. The summed E-state index contributed by atoms with van der Waals surface area (Å²) in [7, 11) is 3.46. The Bertz CT molecular complexity index is 956. The Hall–Kier alpha value is -2.48. The van der Waals surface area contributed by atoms with Gasteiger partial charge in [-0.2, -0.15) is 0 Å². The third-order valence-corrected chi connectivity index (χ3v) is 5.04. The molecule has 156 valence electrons. The minimum absolute atomic E-state index is 0.107. The van der Waals surface area contributed by atoms with Crippen molar-refractivity contribution in [1.29, 1.82) is 0 Å². The quantitative estimate of drug-likeness (QED) is 0.451. The van der Waals surface area contributed by atoms with E-state index in [-0.39, 0.29) is 10.8 Å². The van der Waals surface area contributed by atoms with Gasteiger partial charge < -0.3 is 9.47 Å². The van der Waals surface area contributed by atoms with E-state index >= 15 is 0 Å². The molecule has 0 aliphatic carbocycles. The van der Waals surface area contributed by atoms with Crippen LogP contribution < -0.4 is 9.47 Å². The van der Waals surface area contributed by atoms with Crippen molar-refractivity contribution in [2.75, 3.05) is 14.2 Å². The fraction of sp³-hybridized carbons (Fsp3) is 0.407. The Balaban J connectivity index is 0.000000212. The maximum atomic E-state index is 5.48. The van der Waals surface area contributed by atoms with Crippen LogP contribution in [0.4, 0.5) is 0 Å². The average molecular weight is 393 g/mol. The van der Waals surface area contributed by atoms with Gasteiger partial charge in [-0.1, -0.05) is 77.9 Å². The molecule has 0 aromatic heterocycles. The van der Waals surface area contributed by atoms with Gasteiger partial charge in [0.2, 0.25) is 0 Å². The molecule has 0 amide bonds. The predicted octanol–water partition coefficient (Wildman–Crippen LogP) is 7.45. The van der Waals surface area contributed by atoms with Crippen LogP contribution in [0.3, 0.4) is 0 Å². The van der Waals surface area contributed by atoms with Gasteiger partial charge in [0, 0.05) is 5.56 Å². The van der Waals surface area contributed by atoms with Crippen molar-refractivity contribution >= 4 is 10.8 Å². The van der Waals surface area contributed by atoms with E-state index < -0.39 is 0 Å². The van der Waals surface area contributed by atoms with Gasteiger partial charge in [0.15, 0.2) is 0 Å². The first-order valence-electron chi connectivity index (χ1n) is 10.2. The van der Waals surface area contributed by atoms with E-state index in [0.717, 1.165) is 11.5 Å². The van der Waals surface area contributed by atoms with Crippen LogP contribution in [0.5, 0.6) is 11.5 Å². The highest BCUT2D eigenvalue weighted by molar-refractivity contribution is 5.85. The van der Waals surface area contributed by atoms with Gasteiger partial charge >= 0.3 is 0 Å². The maximum absolute atomic E-state index is 5.48. The summed E-state index contributed by atoms with van der Waals surface area (Å²) in [6, 6.07) is 19.1. The normalized spacial score (nSPS) is 11.6. The monoisotopic (exact) mass is 392 g/mol. The van der Waals surface area contributed by atoms with Gasteiger partial charge in [-0.05, 0) is 57.9 Å². The van der Waals surface area contributed by atoms with E-state index in [9.17, 15) is 0 Å². The molecular weight excluding hydrogens is 356 g/mol. The molecule has 2 heteroatoms. The molecule has 0 heterocycles. The number of fused-ring (bicyclic) bond motifs is 1. The number of rotatable bonds is 2. The Morgan fingerprint density at radius 1 is 0.586 bits per heavy atom. The third-order valence-electron chi connectivity index (χ3n) is 5.04. The molecule has 0 aliphatic rings. The van der Waals surface area contributed by atoms with E-state index in [1.54, 1.807) is 14.2 Å². The van der Waals surface area contributed by atoms with Crippen molar-refractivity contribution in [2.45, 2.75) is 59.3 Å². The van der Waals surface area contributed by atoms with Crippen molar-refractivity contribution in [3.8, 4) is 11.5 Å². The number of aryl methyl sites for hydroxylation is 1. The first-order chi connectivity index (χ1) is 13.5. The zero-order chi connectivity index (χ0) is 21.8. The lowest BCUT2D eigenvalue weighted by atomic mass is 9.85. The van der Waals surface area contributed by atoms with E-state index in [1.807, 2.05) is 0 Å². The van der Waals surface area contributed by atoms with Crippen molar-refractivity contribution < 1.29 is 9.47 Å². The molecule has 0 fully saturated rings. The van der Waals surface area contributed by atoms with Gasteiger partial charge in [-0.3, -0.25) is 0 Å². The molecule has 0 saturated heterocycles. The summed E-state index contributed by atoms with van der Waals surface area (Å²) < 4.78 is 10.8. The summed E-state index contributed by atoms with van der Waals surface area (Å²) in [5.41, 5.74) is 4.02. The van der Waals surface area contributed by atoms with E-state index in [4.69, 9.17) is 9.47 Å². The van der Waals surface area contributed by atoms with Crippen LogP contribution in [-0.2, 0) is 10.8 Å². The van der Waals surface area contributed by atoms with Crippen LogP contribution in [-0.4, -0.2) is 14.2 Å². The van der Waals surface area contributed by atoms with E-state index in [0.29, 0.717) is 0 Å². The molecule has 3 rings (SSSR count). The molecule has 0 unspecified atom stereocenters. The average Bonchev–Trinajstić information content (AvgIpc) is 2.65. The van der Waals surface area contributed by atoms with Crippen LogP contribution in [0.1, 0.15) is 58.2 Å². The second kappa shape index (κ2) is 8.90. The first kappa shape index (κ1) is 22.8. The molecule has 29 heavy (non-hydrogen) atoms. The topological polar surface area (TPSA) is 18.5 Å². The van der Waals surface area contributed by atoms with Crippen molar-refractivity contribution in [1.82, 2.24) is 0 Å². The third kappa shape index (κ3) is 5.76. The van der Waals surface area contributed by atoms with Crippen LogP contribution in [0, 0.1) is 6.92 Å². The second-order valence-electron chi connectivity index (χ2n) is 9.60. The number of methoxy groups -OCH3 is 2. The number of hydrogen-bond acceptors (Lipinski definition) is 2. The zero-order valence-corrected chi connectivity index (χ0v) is 19.5. The Morgan fingerprint density at radius 3 is 1.55 bits per heavy atom. The second-order valence-corrected chi connectivity index (χ2v) is 9.60. The van der Waals surface area contributed by atoms with Crippen LogP contribution in [0.25, 0.3) is 10.8 Å². The molecule has 0 N–H and O–H groups in total.